The lowest BCUT2D eigenvalue weighted by Gasteiger charge is -2.21. The minimum Gasteiger partial charge on any atom is -0.340 e. The summed E-state index contributed by atoms with van der Waals surface area (Å²) in [6, 6.07) is 29.4. The minimum absolute atomic E-state index is 0.157. The van der Waals surface area contributed by atoms with Crippen molar-refractivity contribution < 1.29 is 0 Å². The van der Waals surface area contributed by atoms with Gasteiger partial charge in [-0.3, -0.25) is 14.3 Å². The van der Waals surface area contributed by atoms with Gasteiger partial charge in [0.25, 0.3) is 5.56 Å². The van der Waals surface area contributed by atoms with E-state index in [1.807, 2.05) is 83.4 Å². The quantitative estimate of drug-likeness (QED) is 0.355. The van der Waals surface area contributed by atoms with Crippen LogP contribution in [0.5, 0.6) is 0 Å². The lowest BCUT2D eigenvalue weighted by Crippen LogP contribution is -2.29. The molecule has 1 unspecified atom stereocenters. The summed E-state index contributed by atoms with van der Waals surface area (Å²) in [6.45, 7) is 0. The predicted octanol–water partition coefficient (Wildman–Crippen LogP) is 5.56. The van der Waals surface area contributed by atoms with Crippen LogP contribution in [0, 0.1) is 0 Å². The van der Waals surface area contributed by atoms with E-state index in [9.17, 15) is 4.79 Å². The Morgan fingerprint density at radius 3 is 2.37 bits per heavy atom. The molecular formula is C29H23N5O. The molecule has 0 saturated carbocycles. The highest BCUT2D eigenvalue weighted by Gasteiger charge is 2.24. The highest BCUT2D eigenvalue weighted by atomic mass is 16.1. The minimum atomic E-state index is -0.307. The van der Waals surface area contributed by atoms with Crippen molar-refractivity contribution >= 4 is 22.1 Å². The van der Waals surface area contributed by atoms with Crippen LogP contribution >= 0.6 is 0 Å². The number of nitrogens with zero attached hydrogens (tertiary/aromatic N) is 4. The van der Waals surface area contributed by atoms with Crippen molar-refractivity contribution in [2.24, 2.45) is 0 Å². The number of fused-ring (bicyclic) bond motifs is 2. The third kappa shape index (κ3) is 3.99. The second kappa shape index (κ2) is 8.99. The van der Waals surface area contributed by atoms with Crippen molar-refractivity contribution in [3.8, 4) is 11.3 Å². The van der Waals surface area contributed by atoms with Crippen LogP contribution in [0.2, 0.25) is 0 Å². The Kier molecular flexibility index (Phi) is 5.39. The summed E-state index contributed by atoms with van der Waals surface area (Å²) in [5, 5.41) is 0. The van der Waals surface area contributed by atoms with Crippen molar-refractivity contribution in [1.29, 1.82) is 0 Å². The first-order valence-corrected chi connectivity index (χ1v) is 11.7. The number of H-pyrrole nitrogens is 1. The second-order valence-electron chi connectivity index (χ2n) is 8.55. The summed E-state index contributed by atoms with van der Waals surface area (Å²) < 4.78 is 1.85. The Bertz CT molecular complexity index is 1640. The number of hydrogen-bond donors (Lipinski definition) is 1. The molecule has 6 rings (SSSR count). The fraction of sp³-hybridized carbons (Fsp3) is 0.103. The maximum atomic E-state index is 14.1. The third-order valence-electron chi connectivity index (χ3n) is 6.31. The molecule has 6 heteroatoms. The zero-order chi connectivity index (χ0) is 23.6. The van der Waals surface area contributed by atoms with Crippen LogP contribution in [0.4, 0.5) is 0 Å². The van der Waals surface area contributed by atoms with Crippen LogP contribution < -0.4 is 5.56 Å². The van der Waals surface area contributed by atoms with Gasteiger partial charge < -0.3 is 4.98 Å². The van der Waals surface area contributed by atoms with Crippen LogP contribution in [-0.2, 0) is 6.42 Å². The second-order valence-corrected chi connectivity index (χ2v) is 8.55. The molecule has 0 spiro atoms. The average Bonchev–Trinajstić information content (AvgIpc) is 3.35. The highest BCUT2D eigenvalue weighted by molar-refractivity contribution is 5.78. The average molecular weight is 458 g/mol. The molecule has 6 aromatic rings. The Morgan fingerprint density at radius 1 is 0.800 bits per heavy atom. The summed E-state index contributed by atoms with van der Waals surface area (Å²) in [7, 11) is 0. The van der Waals surface area contributed by atoms with Crippen molar-refractivity contribution in [3.05, 3.63) is 125 Å². The van der Waals surface area contributed by atoms with Gasteiger partial charge >= 0.3 is 0 Å². The van der Waals surface area contributed by atoms with Crippen LogP contribution in [-0.4, -0.2) is 24.5 Å². The Labute approximate surface area is 202 Å². The van der Waals surface area contributed by atoms with E-state index < -0.39 is 0 Å². The summed E-state index contributed by atoms with van der Waals surface area (Å²) in [5.74, 6) is 0.762. The fourth-order valence-corrected chi connectivity index (χ4v) is 4.62. The molecule has 0 saturated heterocycles. The third-order valence-corrected chi connectivity index (χ3v) is 6.31. The van der Waals surface area contributed by atoms with Gasteiger partial charge in [0.15, 0.2) is 0 Å². The number of hydrogen-bond acceptors (Lipinski definition) is 4. The molecule has 0 bridgehead atoms. The van der Waals surface area contributed by atoms with E-state index in [1.54, 1.807) is 12.4 Å². The van der Waals surface area contributed by atoms with Gasteiger partial charge in [0.05, 0.1) is 28.1 Å². The Hall–Kier alpha value is -4.58. The lowest BCUT2D eigenvalue weighted by molar-refractivity contribution is 0.518. The van der Waals surface area contributed by atoms with Crippen molar-refractivity contribution in [3.63, 3.8) is 0 Å². The number of pyridine rings is 1. The van der Waals surface area contributed by atoms with E-state index in [0.29, 0.717) is 17.7 Å². The molecule has 3 aromatic carbocycles. The molecule has 0 aliphatic carbocycles. The number of nitrogens with one attached hydrogen (secondary N) is 1. The fourth-order valence-electron chi connectivity index (χ4n) is 4.62. The molecule has 6 nitrogen and oxygen atoms in total. The SMILES string of the molecule is O=c1c(-c2cccnc2)nc2ccccc2n1C(CCc1ccccc1)c1nc2ccccc2[nH]1. The standard InChI is InChI=1S/C29H23N5O/c35-29-27(21-11-8-18-30-19-21)31-24-14-6-7-15-25(24)34(29)26(17-16-20-9-2-1-3-10-20)28-32-22-12-4-5-13-23(22)33-28/h1-15,18-19,26H,16-17H2,(H,32,33). The van der Waals surface area contributed by atoms with Crippen molar-refractivity contribution in [2.75, 3.05) is 0 Å². The zero-order valence-corrected chi connectivity index (χ0v) is 19.0. The number of rotatable bonds is 6. The monoisotopic (exact) mass is 457 g/mol. The maximum absolute atomic E-state index is 14.1. The smallest absolute Gasteiger partial charge is 0.278 e. The first-order chi connectivity index (χ1) is 17.3. The van der Waals surface area contributed by atoms with Gasteiger partial charge in [0.1, 0.15) is 11.5 Å². The van der Waals surface area contributed by atoms with Crippen LogP contribution in [0.25, 0.3) is 33.3 Å². The zero-order valence-electron chi connectivity index (χ0n) is 19.0. The van der Waals surface area contributed by atoms with Crippen molar-refractivity contribution in [1.82, 2.24) is 24.5 Å². The first kappa shape index (κ1) is 21.0. The van der Waals surface area contributed by atoms with Gasteiger partial charge in [0.2, 0.25) is 0 Å². The predicted molar refractivity (Wildman–Crippen MR) is 138 cm³/mol. The molecular weight excluding hydrogens is 434 g/mol. The van der Waals surface area contributed by atoms with E-state index in [1.165, 1.54) is 5.56 Å². The number of aromatic nitrogens is 5. The summed E-state index contributed by atoms with van der Waals surface area (Å²) in [5.41, 5.74) is 5.51. The van der Waals surface area contributed by atoms with E-state index in [2.05, 4.69) is 22.1 Å². The largest absolute Gasteiger partial charge is 0.340 e. The first-order valence-electron chi connectivity index (χ1n) is 11.7. The molecule has 0 aliphatic heterocycles. The van der Waals surface area contributed by atoms with Crippen molar-refractivity contribution in [2.45, 2.75) is 18.9 Å². The molecule has 170 valence electrons. The highest BCUT2D eigenvalue weighted by Crippen LogP contribution is 2.28. The number of para-hydroxylation sites is 4. The van der Waals surface area contributed by atoms with Gasteiger partial charge in [-0.25, -0.2) is 9.97 Å². The van der Waals surface area contributed by atoms with Crippen LogP contribution in [0.15, 0.2) is 108 Å². The number of aryl methyl sites for hydroxylation is 1. The lowest BCUT2D eigenvalue weighted by atomic mass is 10.0. The van der Waals surface area contributed by atoms with Gasteiger partial charge in [-0.1, -0.05) is 54.6 Å². The summed E-state index contributed by atoms with van der Waals surface area (Å²) in [6.07, 6.45) is 4.88. The topological polar surface area (TPSA) is 76.5 Å². The number of aromatic amines is 1. The molecule has 35 heavy (non-hydrogen) atoms. The molecule has 0 radical (unpaired) electrons. The van der Waals surface area contributed by atoms with Crippen LogP contribution in [0.3, 0.4) is 0 Å². The van der Waals surface area contributed by atoms with E-state index in [0.717, 1.165) is 34.3 Å². The van der Waals surface area contributed by atoms with Gasteiger partial charge in [0, 0.05) is 18.0 Å². The number of benzene rings is 3. The molecule has 3 heterocycles. The summed E-state index contributed by atoms with van der Waals surface area (Å²) >= 11 is 0. The Balaban J connectivity index is 1.58. The molecule has 0 aliphatic rings. The molecule has 0 amide bonds. The molecule has 1 atom stereocenters. The molecule has 3 aromatic heterocycles. The van der Waals surface area contributed by atoms with Crippen LogP contribution in [0.1, 0.15) is 23.9 Å². The van der Waals surface area contributed by atoms with E-state index >= 15 is 0 Å². The number of imidazole rings is 1. The van der Waals surface area contributed by atoms with E-state index in [4.69, 9.17) is 9.97 Å². The summed E-state index contributed by atoms with van der Waals surface area (Å²) in [4.78, 5) is 31.4. The normalized spacial score (nSPS) is 12.2. The van der Waals surface area contributed by atoms with E-state index in [-0.39, 0.29) is 11.6 Å². The molecule has 1 N–H and O–H groups in total. The molecule has 0 fully saturated rings. The van der Waals surface area contributed by atoms with Gasteiger partial charge in [-0.2, -0.15) is 0 Å². The van der Waals surface area contributed by atoms with Gasteiger partial charge in [-0.05, 0) is 54.8 Å². The Morgan fingerprint density at radius 2 is 1.57 bits per heavy atom. The van der Waals surface area contributed by atoms with Gasteiger partial charge in [-0.15, -0.1) is 0 Å². The maximum Gasteiger partial charge on any atom is 0.278 e.